The normalized spacial score (nSPS) is 22.5. The van der Waals surface area contributed by atoms with Gasteiger partial charge in [-0.25, -0.2) is 5.43 Å². The Morgan fingerprint density at radius 3 is 2.61 bits per heavy atom. The second-order valence-corrected chi connectivity index (χ2v) is 7.03. The molecule has 3 aliphatic rings. The van der Waals surface area contributed by atoms with Crippen LogP contribution < -0.4 is 26.9 Å². The maximum absolute atomic E-state index is 13.5. The lowest BCUT2D eigenvalue weighted by atomic mass is 9.99. The van der Waals surface area contributed by atoms with Gasteiger partial charge in [0.1, 0.15) is 17.7 Å². The molecule has 0 saturated carbocycles. The summed E-state index contributed by atoms with van der Waals surface area (Å²) in [4.78, 5) is 12.9. The van der Waals surface area contributed by atoms with Gasteiger partial charge in [-0.1, -0.05) is 24.3 Å². The highest BCUT2D eigenvalue weighted by molar-refractivity contribution is 5.95. The zero-order valence-electron chi connectivity index (χ0n) is 16.7. The van der Waals surface area contributed by atoms with Crippen molar-refractivity contribution in [2.75, 3.05) is 7.11 Å². The molecule has 4 rings (SSSR count). The first-order chi connectivity index (χ1) is 14.8. The first-order valence-corrected chi connectivity index (χ1v) is 9.44. The molecule has 0 radical (unpaired) electrons. The molecule has 0 bridgehead atoms. The van der Waals surface area contributed by atoms with E-state index in [1.165, 1.54) is 24.3 Å². The molecule has 1 aromatic carbocycles. The third-order valence-corrected chi connectivity index (χ3v) is 5.01. The molecule has 3 heterocycles. The summed E-state index contributed by atoms with van der Waals surface area (Å²) in [6.07, 6.45) is 1.74. The molecule has 2 atom stereocenters. The second-order valence-electron chi connectivity index (χ2n) is 7.03. The number of benzene rings is 1. The summed E-state index contributed by atoms with van der Waals surface area (Å²) in [7, 11) is 1.50. The quantitative estimate of drug-likeness (QED) is 0.462. The zero-order chi connectivity index (χ0) is 22.2. The Morgan fingerprint density at radius 1 is 1.16 bits per heavy atom. The predicted molar refractivity (Wildman–Crippen MR) is 106 cm³/mol. The fourth-order valence-electron chi connectivity index (χ4n) is 3.59. The number of nitrogens with zero attached hydrogens (tertiary/aromatic N) is 1. The maximum atomic E-state index is 13.5. The van der Waals surface area contributed by atoms with Crippen LogP contribution in [0, 0.1) is 0 Å². The van der Waals surface area contributed by atoms with E-state index in [1.807, 2.05) is 0 Å². The lowest BCUT2D eigenvalue weighted by Gasteiger charge is -2.35. The number of carbonyl (C=O) groups excluding carboxylic acids is 1. The van der Waals surface area contributed by atoms with Gasteiger partial charge in [0.05, 0.1) is 18.7 Å². The number of amides is 1. The fraction of sp³-hybridized carbons (Fsp3) is 0.250. The van der Waals surface area contributed by atoms with Crippen LogP contribution in [-0.2, 0) is 15.7 Å². The minimum absolute atomic E-state index is 0.0760. The number of hydrogen-bond donors (Lipinski definition) is 5. The molecule has 164 valence electrons. The number of fused-ring (bicyclic) bond motifs is 1. The standard InChI is InChI=1S/C20H21F3N6O2/c1-11-18(19(30)25-15-8-10-17(31-2)27-26-15)29-16(24-11)9-7-14(28-29)12-5-3-4-6-13(12)20(21,22)23/h3-10,14,16,24,26-28H,1-2H3,(H,25,30). The molecular formula is C20H21F3N6O2. The number of allylic oxidation sites excluding steroid dienone is 3. The first kappa shape index (κ1) is 20.7. The van der Waals surface area contributed by atoms with E-state index in [9.17, 15) is 18.0 Å². The highest BCUT2D eigenvalue weighted by Crippen LogP contribution is 2.36. The molecule has 2 unspecified atom stereocenters. The lowest BCUT2D eigenvalue weighted by Crippen LogP contribution is -2.52. The number of alkyl halides is 3. The predicted octanol–water partition coefficient (Wildman–Crippen LogP) is 1.84. The van der Waals surface area contributed by atoms with Gasteiger partial charge in [-0.2, -0.15) is 13.2 Å². The Hall–Kier alpha value is -3.60. The highest BCUT2D eigenvalue weighted by atomic mass is 19.4. The van der Waals surface area contributed by atoms with Crippen LogP contribution in [0.2, 0.25) is 0 Å². The summed E-state index contributed by atoms with van der Waals surface area (Å²) in [6.45, 7) is 1.73. The van der Waals surface area contributed by atoms with Crippen molar-refractivity contribution in [3.63, 3.8) is 0 Å². The summed E-state index contributed by atoms with van der Waals surface area (Å²) in [5.41, 5.74) is 8.79. The Morgan fingerprint density at radius 2 is 1.94 bits per heavy atom. The van der Waals surface area contributed by atoms with Crippen LogP contribution >= 0.6 is 0 Å². The average molecular weight is 434 g/mol. The lowest BCUT2D eigenvalue weighted by molar-refractivity contribution is -0.138. The van der Waals surface area contributed by atoms with Gasteiger partial charge < -0.3 is 15.4 Å². The van der Waals surface area contributed by atoms with Crippen LogP contribution in [-0.4, -0.2) is 24.2 Å². The SMILES string of the molecule is COC1=CC=C(NC(=O)C2=C(C)NC3C=CC(c4ccccc4C(F)(F)F)NN23)NN1. The summed E-state index contributed by atoms with van der Waals surface area (Å²) < 4.78 is 45.4. The van der Waals surface area contributed by atoms with E-state index in [-0.39, 0.29) is 11.3 Å². The van der Waals surface area contributed by atoms with Gasteiger partial charge in [-0.05, 0) is 30.7 Å². The molecule has 0 fully saturated rings. The third-order valence-electron chi connectivity index (χ3n) is 5.01. The van der Waals surface area contributed by atoms with E-state index in [0.717, 1.165) is 6.07 Å². The number of ether oxygens (including phenoxy) is 1. The van der Waals surface area contributed by atoms with Crippen LogP contribution in [0.15, 0.2) is 71.7 Å². The van der Waals surface area contributed by atoms with E-state index >= 15 is 0 Å². The van der Waals surface area contributed by atoms with E-state index in [1.54, 1.807) is 37.3 Å². The molecule has 5 N–H and O–H groups in total. The van der Waals surface area contributed by atoms with Crippen LogP contribution in [0.4, 0.5) is 13.2 Å². The molecule has 11 heteroatoms. The van der Waals surface area contributed by atoms with Gasteiger partial charge >= 0.3 is 6.18 Å². The van der Waals surface area contributed by atoms with E-state index < -0.39 is 29.9 Å². The van der Waals surface area contributed by atoms with Gasteiger partial charge in [0, 0.05) is 11.8 Å². The van der Waals surface area contributed by atoms with Crippen molar-refractivity contribution in [1.29, 1.82) is 0 Å². The van der Waals surface area contributed by atoms with E-state index in [0.29, 0.717) is 17.4 Å². The summed E-state index contributed by atoms with van der Waals surface area (Å²) in [6, 6.07) is 4.62. The smallest absolute Gasteiger partial charge is 0.416 e. The molecule has 0 spiro atoms. The molecule has 31 heavy (non-hydrogen) atoms. The third kappa shape index (κ3) is 4.04. The van der Waals surface area contributed by atoms with Crippen LogP contribution in [0.25, 0.3) is 0 Å². The largest absolute Gasteiger partial charge is 0.481 e. The van der Waals surface area contributed by atoms with Crippen LogP contribution in [0.1, 0.15) is 24.1 Å². The van der Waals surface area contributed by atoms with Gasteiger partial charge in [-0.15, -0.1) is 0 Å². The summed E-state index contributed by atoms with van der Waals surface area (Å²) in [5.74, 6) is 0.430. The number of methoxy groups -OCH3 is 1. The maximum Gasteiger partial charge on any atom is 0.416 e. The van der Waals surface area contributed by atoms with Crippen molar-refractivity contribution in [2.45, 2.75) is 25.3 Å². The average Bonchev–Trinajstić information content (AvgIpc) is 3.08. The number of carbonyl (C=O) groups is 1. The van der Waals surface area contributed by atoms with Crippen molar-refractivity contribution >= 4 is 5.91 Å². The Balaban J connectivity index is 1.55. The minimum Gasteiger partial charge on any atom is -0.481 e. The fourth-order valence-corrected chi connectivity index (χ4v) is 3.59. The first-order valence-electron chi connectivity index (χ1n) is 9.44. The number of hydrazine groups is 2. The molecule has 0 saturated heterocycles. The van der Waals surface area contributed by atoms with Gasteiger partial charge in [0.25, 0.3) is 5.91 Å². The van der Waals surface area contributed by atoms with Crippen molar-refractivity contribution in [1.82, 2.24) is 31.9 Å². The van der Waals surface area contributed by atoms with Gasteiger partial charge in [0.2, 0.25) is 5.88 Å². The number of rotatable bonds is 4. The Labute approximate surface area is 176 Å². The van der Waals surface area contributed by atoms with Crippen molar-refractivity contribution < 1.29 is 22.7 Å². The number of halogens is 3. The van der Waals surface area contributed by atoms with Crippen LogP contribution in [0.3, 0.4) is 0 Å². The van der Waals surface area contributed by atoms with Gasteiger partial charge in [0.15, 0.2) is 0 Å². The molecule has 8 nitrogen and oxygen atoms in total. The van der Waals surface area contributed by atoms with Crippen molar-refractivity contribution in [3.8, 4) is 0 Å². The van der Waals surface area contributed by atoms with Crippen molar-refractivity contribution in [3.05, 3.63) is 82.8 Å². The molecular weight excluding hydrogens is 413 g/mol. The molecule has 0 aliphatic carbocycles. The summed E-state index contributed by atoms with van der Waals surface area (Å²) >= 11 is 0. The second kappa shape index (κ2) is 7.91. The molecule has 3 aliphatic heterocycles. The highest BCUT2D eigenvalue weighted by Gasteiger charge is 2.39. The van der Waals surface area contributed by atoms with Gasteiger partial charge in [-0.3, -0.25) is 20.7 Å². The topological polar surface area (TPSA) is 89.7 Å². The summed E-state index contributed by atoms with van der Waals surface area (Å²) in [5, 5.41) is 7.40. The molecule has 1 aromatic rings. The van der Waals surface area contributed by atoms with Crippen LogP contribution in [0.5, 0.6) is 0 Å². The monoisotopic (exact) mass is 434 g/mol. The molecule has 1 amide bonds. The Bertz CT molecular complexity index is 1010. The van der Waals surface area contributed by atoms with E-state index in [2.05, 4.69) is 26.9 Å². The number of hydrogen-bond acceptors (Lipinski definition) is 7. The number of nitrogens with one attached hydrogen (secondary N) is 5. The van der Waals surface area contributed by atoms with Crippen molar-refractivity contribution in [2.24, 2.45) is 0 Å². The van der Waals surface area contributed by atoms with E-state index in [4.69, 9.17) is 4.74 Å². The Kier molecular flexibility index (Phi) is 5.27. The zero-order valence-corrected chi connectivity index (χ0v) is 16.7. The minimum atomic E-state index is -4.49. The molecule has 0 aromatic heterocycles.